The van der Waals surface area contributed by atoms with Gasteiger partial charge in [0.15, 0.2) is 11.6 Å². The van der Waals surface area contributed by atoms with Crippen LogP contribution in [0.5, 0.6) is 0 Å². The van der Waals surface area contributed by atoms with Crippen molar-refractivity contribution in [2.75, 3.05) is 13.2 Å². The van der Waals surface area contributed by atoms with Crippen LogP contribution in [0.1, 0.15) is 347 Å². The second kappa shape index (κ2) is 29.8. The fraction of sp³-hybridized carbons (Fsp3) is 0.946. The molecule has 0 aromatic carbocycles. The molecule has 572 valence electrons. The first kappa shape index (κ1) is 77.2. The molecule has 16 aliphatic rings. The molecule has 0 aliphatic heterocycles. The molecule has 0 amide bonds. The summed E-state index contributed by atoms with van der Waals surface area (Å²) in [7, 11) is 0. The van der Waals surface area contributed by atoms with Crippen molar-refractivity contribution >= 4 is 29.1 Å². The molecule has 0 aromatic heterocycles. The van der Waals surface area contributed by atoms with Gasteiger partial charge in [-0.3, -0.25) is 24.0 Å². The first-order chi connectivity index (χ1) is 48.1. The molecule has 0 unspecified atom stereocenters. The van der Waals surface area contributed by atoms with Gasteiger partial charge in [0.25, 0.3) is 0 Å². The summed E-state index contributed by atoms with van der Waals surface area (Å²) in [5, 5.41) is 29.8. The third kappa shape index (κ3) is 12.9. The Kier molecular flexibility index (Phi) is 22.8. The summed E-state index contributed by atoms with van der Waals surface area (Å²) in [5.41, 5.74) is 3.04. The van der Waals surface area contributed by atoms with Gasteiger partial charge in [-0.15, -0.1) is 0 Å². The van der Waals surface area contributed by atoms with E-state index >= 15 is 0 Å². The number of fused-ring (bicyclic) bond motifs is 20. The maximum atomic E-state index is 12.9. The van der Waals surface area contributed by atoms with E-state index in [0.717, 1.165) is 140 Å². The number of hydrogen-bond acceptors (Lipinski definition) is 9. The summed E-state index contributed by atoms with van der Waals surface area (Å²) in [6.45, 7) is 29.2. The van der Waals surface area contributed by atoms with Crippen LogP contribution in [0, 0.1) is 174 Å². The standard InChI is InChI=1S/C25H40O3.C23H38O.C22H36O3.C22H36O2/c1-5-25-13-10-16(2)14-18(25)6-7-19-20-8-9-22(23(27)15-28-17(3)26)24(20,4)12-11-21(19)25;1-5-23-13-10-15(2)14-17(23)6-7-18-20-9-8-19(16(3)24)22(20,4)12-11-21(18)23;1-3-22-11-8-15(24)12-14(22)4-5-16-17-6-7-19(20(25)13-23)21(17,2)10-9-18(16)22;1-4-22-12-9-16(24)13-15(22)5-6-17-19-8-7-18(14(2)23)21(19,3)11-10-20(17)22/h16,18-22H,5-15H2,1-4H3;15,17-21H,5-14H2,1-4H3;14-19,23-24H,3-13H2,1-2H3;15-20,24H,4-13H2,1-3H3/t16-,18+,19+,20+,21+,22-,24+,25+;15-,17+,18+,19-,20+,21+,22-,23+;14-,15+,16-,17-,18-,19+,21-,22-;15-,16+,17-,18+,19-,20-,21+,22-/m1100/s1. The number of ketones is 4. The summed E-state index contributed by atoms with van der Waals surface area (Å²) in [6, 6.07) is 0. The largest absolute Gasteiger partial charge is 0.458 e. The maximum Gasteiger partial charge on any atom is 0.303 e. The number of aliphatic hydroxyl groups excluding tert-OH is 3. The molecule has 16 saturated carbocycles. The predicted molar refractivity (Wildman–Crippen MR) is 405 cm³/mol. The lowest BCUT2D eigenvalue weighted by molar-refractivity contribution is -0.151. The van der Waals surface area contributed by atoms with E-state index in [4.69, 9.17) is 4.74 Å². The average Bonchev–Trinajstić information content (AvgIpc) is 1.72. The third-order valence-electron chi connectivity index (χ3n) is 38.9. The molecule has 16 fully saturated rings. The van der Waals surface area contributed by atoms with Crippen LogP contribution in [-0.2, 0) is 28.7 Å². The highest BCUT2D eigenvalue weighted by atomic mass is 16.5. The Balaban J connectivity index is 0.000000121. The number of aliphatic hydroxyl groups is 3. The second-order valence-corrected chi connectivity index (χ2v) is 41.4. The minimum Gasteiger partial charge on any atom is -0.458 e. The Labute approximate surface area is 615 Å². The fourth-order valence-electron chi connectivity index (χ4n) is 34.2. The monoisotopic (exact) mass is 1400 g/mol. The van der Waals surface area contributed by atoms with E-state index in [2.05, 4.69) is 69.2 Å². The van der Waals surface area contributed by atoms with Crippen LogP contribution in [-0.4, -0.2) is 69.8 Å². The Morgan fingerprint density at radius 3 is 0.921 bits per heavy atom. The Bertz CT molecular complexity index is 2860. The minimum absolute atomic E-state index is 0.0186. The number of ether oxygens (including phenoxy) is 1. The van der Waals surface area contributed by atoms with Gasteiger partial charge in [0, 0.05) is 30.6 Å². The number of rotatable bonds is 11. The number of carbonyl (C=O) groups excluding carboxylic acids is 5. The zero-order valence-corrected chi connectivity index (χ0v) is 66.8. The number of carbonyl (C=O) groups is 5. The summed E-state index contributed by atoms with van der Waals surface area (Å²) in [6.07, 6.45) is 51.1. The van der Waals surface area contributed by atoms with Gasteiger partial charge in [-0.05, 0) is 408 Å². The van der Waals surface area contributed by atoms with Crippen LogP contribution in [0.3, 0.4) is 0 Å². The van der Waals surface area contributed by atoms with Gasteiger partial charge in [0.1, 0.15) is 24.8 Å². The Morgan fingerprint density at radius 2 is 0.624 bits per heavy atom. The molecular weight excluding hydrogens is 1250 g/mol. The zero-order valence-electron chi connectivity index (χ0n) is 66.8. The molecule has 0 heterocycles. The van der Waals surface area contributed by atoms with Gasteiger partial charge in [0.05, 0.1) is 12.2 Å². The van der Waals surface area contributed by atoms with Crippen molar-refractivity contribution in [3.8, 4) is 0 Å². The van der Waals surface area contributed by atoms with Gasteiger partial charge in [0.2, 0.25) is 0 Å². The SMILES string of the molecule is CC[C@]12CC[C@@H](C)C[C@@H]1CC[C@H]1[C@@H]3CC[C@H](C(=O)COC(C)=O)[C@@]3(C)CC[C@@H]12.CC[C@]12CC[C@@H](C)C[C@@H]1CC[C@H]1[C@@H]3CC[C@H](C(C)=O)[C@@]3(C)CC[C@@H]12.CC[C@]12CC[C@@H](O)C[C@@H]1CC[C@H]1[C@@H]3CC[C@H](C(=O)CO)[C@@]3(C)CC[C@@H]12.CC[C@]12CC[C@@H](O)C[C@@H]1CC[C@H]1[C@@H]3CC[C@H](C(C)=O)[C@@]3(C)CC[C@@H]12. The lowest BCUT2D eigenvalue weighted by Crippen LogP contribution is -2.55. The van der Waals surface area contributed by atoms with E-state index in [1.807, 2.05) is 13.8 Å². The zero-order chi connectivity index (χ0) is 72.1. The fourth-order valence-corrected chi connectivity index (χ4v) is 34.2. The molecule has 9 heteroatoms. The minimum atomic E-state index is -0.341. The molecular formula is C92H150O9. The van der Waals surface area contributed by atoms with E-state index in [1.54, 1.807) is 0 Å². The highest BCUT2D eigenvalue weighted by Gasteiger charge is 2.67. The van der Waals surface area contributed by atoms with Crippen LogP contribution >= 0.6 is 0 Å². The lowest BCUT2D eigenvalue weighted by Gasteiger charge is -2.62. The van der Waals surface area contributed by atoms with Gasteiger partial charge < -0.3 is 20.1 Å². The van der Waals surface area contributed by atoms with Crippen LogP contribution in [0.4, 0.5) is 0 Å². The molecule has 16 rings (SSSR count). The van der Waals surface area contributed by atoms with Crippen LogP contribution in [0.15, 0.2) is 0 Å². The molecule has 0 bridgehead atoms. The molecule has 0 aromatic rings. The second-order valence-electron chi connectivity index (χ2n) is 41.4. The Hall–Kier alpha value is -1.97. The normalized spacial score (nSPS) is 51.7. The first-order valence-electron chi connectivity index (χ1n) is 44.3. The third-order valence-corrected chi connectivity index (χ3v) is 38.9. The van der Waals surface area contributed by atoms with Crippen molar-refractivity contribution < 1.29 is 44.0 Å². The Morgan fingerprint density at radius 1 is 0.337 bits per heavy atom. The molecule has 9 nitrogen and oxygen atoms in total. The highest BCUT2D eigenvalue weighted by Crippen LogP contribution is 2.74. The van der Waals surface area contributed by atoms with E-state index in [-0.39, 0.29) is 71.0 Å². The van der Waals surface area contributed by atoms with E-state index in [0.29, 0.717) is 68.2 Å². The molecule has 32 atom stereocenters. The molecule has 101 heavy (non-hydrogen) atoms. The van der Waals surface area contributed by atoms with Crippen molar-refractivity contribution in [3.05, 3.63) is 0 Å². The first-order valence-corrected chi connectivity index (χ1v) is 44.3. The number of Topliss-reactive ketones (excluding diaryl/α,β-unsaturated/α-hetero) is 4. The van der Waals surface area contributed by atoms with Crippen molar-refractivity contribution in [2.24, 2.45) is 174 Å². The van der Waals surface area contributed by atoms with Crippen molar-refractivity contribution in [2.45, 2.75) is 359 Å². The van der Waals surface area contributed by atoms with Gasteiger partial charge in [-0.2, -0.15) is 0 Å². The van der Waals surface area contributed by atoms with Crippen LogP contribution in [0.25, 0.3) is 0 Å². The van der Waals surface area contributed by atoms with Gasteiger partial charge >= 0.3 is 5.97 Å². The van der Waals surface area contributed by atoms with Crippen molar-refractivity contribution in [1.82, 2.24) is 0 Å². The summed E-state index contributed by atoms with van der Waals surface area (Å²) >= 11 is 0. The van der Waals surface area contributed by atoms with E-state index in [1.165, 1.54) is 212 Å². The topological polar surface area (TPSA) is 155 Å². The highest BCUT2D eigenvalue weighted by molar-refractivity contribution is 5.85. The summed E-state index contributed by atoms with van der Waals surface area (Å²) in [5.74, 6) is 16.8. The molecule has 3 N–H and O–H groups in total. The maximum absolute atomic E-state index is 12.9. The quantitative estimate of drug-likeness (QED) is 0.171. The predicted octanol–water partition coefficient (Wildman–Crippen LogP) is 21.0. The van der Waals surface area contributed by atoms with E-state index < -0.39 is 0 Å². The van der Waals surface area contributed by atoms with Crippen LogP contribution < -0.4 is 0 Å². The van der Waals surface area contributed by atoms with Crippen molar-refractivity contribution in [3.63, 3.8) is 0 Å². The lowest BCUT2D eigenvalue weighted by atomic mass is 9.43. The van der Waals surface area contributed by atoms with E-state index in [9.17, 15) is 39.3 Å². The summed E-state index contributed by atoms with van der Waals surface area (Å²) in [4.78, 5) is 60.9. The van der Waals surface area contributed by atoms with Gasteiger partial charge in [-0.1, -0.05) is 82.1 Å². The van der Waals surface area contributed by atoms with Crippen molar-refractivity contribution in [1.29, 1.82) is 0 Å². The smallest absolute Gasteiger partial charge is 0.303 e. The number of esters is 1. The number of hydrogen-bond donors (Lipinski definition) is 3. The molecule has 16 aliphatic carbocycles. The van der Waals surface area contributed by atoms with Crippen LogP contribution in [0.2, 0.25) is 0 Å². The molecule has 0 radical (unpaired) electrons. The average molecular weight is 1400 g/mol. The molecule has 0 spiro atoms. The summed E-state index contributed by atoms with van der Waals surface area (Å²) < 4.78 is 5.07. The molecule has 0 saturated heterocycles. The van der Waals surface area contributed by atoms with Gasteiger partial charge in [-0.25, -0.2) is 0 Å².